The van der Waals surface area contributed by atoms with E-state index in [-0.39, 0.29) is 12.7 Å². The molecule has 0 aromatic carbocycles. The number of carboxylic acids is 1. The monoisotopic (exact) mass is 145 g/mol. The van der Waals surface area contributed by atoms with Gasteiger partial charge in [0.15, 0.2) is 0 Å². The Bertz CT molecular complexity index is 129. The first-order valence-electron chi connectivity index (χ1n) is 3.28. The zero-order valence-electron chi connectivity index (χ0n) is 5.83. The number of carbonyl (C=O) groups is 1. The summed E-state index contributed by atoms with van der Waals surface area (Å²) in [6.07, 6.45) is 0.135. The fourth-order valence-electron chi connectivity index (χ4n) is 0.845. The van der Waals surface area contributed by atoms with Crippen molar-refractivity contribution in [3.63, 3.8) is 0 Å². The van der Waals surface area contributed by atoms with Crippen LogP contribution in [-0.4, -0.2) is 36.4 Å². The van der Waals surface area contributed by atoms with Crippen LogP contribution in [-0.2, 0) is 9.53 Å². The Morgan fingerprint density at radius 2 is 2.50 bits per heavy atom. The van der Waals surface area contributed by atoms with Gasteiger partial charge >= 0.3 is 5.97 Å². The zero-order valence-corrected chi connectivity index (χ0v) is 5.83. The maximum absolute atomic E-state index is 10.3. The minimum absolute atomic E-state index is 0.135. The van der Waals surface area contributed by atoms with E-state index >= 15 is 0 Å². The zero-order chi connectivity index (χ0) is 7.56. The van der Waals surface area contributed by atoms with Crippen LogP contribution in [0.1, 0.15) is 6.92 Å². The Balaban J connectivity index is 2.33. The van der Waals surface area contributed by atoms with Crippen molar-refractivity contribution in [1.82, 2.24) is 5.32 Å². The summed E-state index contributed by atoms with van der Waals surface area (Å²) in [6, 6.07) is -0.517. The van der Waals surface area contributed by atoms with Crippen molar-refractivity contribution < 1.29 is 14.6 Å². The van der Waals surface area contributed by atoms with Crippen molar-refractivity contribution in [2.75, 3.05) is 13.2 Å². The average molecular weight is 145 g/mol. The summed E-state index contributed by atoms with van der Waals surface area (Å²) in [7, 11) is 0. The molecule has 0 aromatic heterocycles. The lowest BCUT2D eigenvalue weighted by Gasteiger charge is -2.25. The van der Waals surface area contributed by atoms with Gasteiger partial charge in [-0.05, 0) is 6.92 Å². The second kappa shape index (κ2) is 2.98. The molecule has 4 nitrogen and oxygen atoms in total. The quantitative estimate of drug-likeness (QED) is 0.519. The summed E-state index contributed by atoms with van der Waals surface area (Å²) in [5.74, 6) is -0.841. The number of hydrogen-bond acceptors (Lipinski definition) is 3. The molecule has 2 N–H and O–H groups in total. The fraction of sp³-hybridized carbons (Fsp3) is 0.833. The molecule has 1 rings (SSSR count). The van der Waals surface area contributed by atoms with Crippen LogP contribution in [0.15, 0.2) is 0 Å². The molecule has 58 valence electrons. The molecule has 10 heavy (non-hydrogen) atoms. The van der Waals surface area contributed by atoms with Crippen LogP contribution in [0.2, 0.25) is 0 Å². The number of nitrogens with one attached hydrogen (secondary N) is 1. The molecule has 0 bridgehead atoms. The highest BCUT2D eigenvalue weighted by Crippen LogP contribution is 1.99. The molecule has 0 unspecified atom stereocenters. The lowest BCUT2D eigenvalue weighted by molar-refractivity contribution is -0.143. The summed E-state index contributed by atoms with van der Waals surface area (Å²) in [6.45, 7) is 2.80. The molecule has 1 saturated heterocycles. The van der Waals surface area contributed by atoms with E-state index in [4.69, 9.17) is 9.84 Å². The van der Waals surface area contributed by atoms with Crippen molar-refractivity contribution in [3.05, 3.63) is 0 Å². The van der Waals surface area contributed by atoms with E-state index in [1.54, 1.807) is 0 Å². The molecule has 1 fully saturated rings. The van der Waals surface area contributed by atoms with Crippen molar-refractivity contribution >= 4 is 5.97 Å². The van der Waals surface area contributed by atoms with Gasteiger partial charge in [-0.1, -0.05) is 0 Å². The molecule has 1 heterocycles. The van der Waals surface area contributed by atoms with Gasteiger partial charge in [-0.2, -0.15) is 0 Å². The smallest absolute Gasteiger partial charge is 0.323 e. The molecule has 0 aromatic rings. The van der Waals surface area contributed by atoms with Gasteiger partial charge in [-0.25, -0.2) is 0 Å². The van der Waals surface area contributed by atoms with Crippen LogP contribution in [0.3, 0.4) is 0 Å². The Morgan fingerprint density at radius 3 is 2.90 bits per heavy atom. The SMILES string of the molecule is C[C@H]1CN[C@H](C(=O)O)CO1. The molecule has 0 aliphatic carbocycles. The van der Waals surface area contributed by atoms with Crippen LogP contribution >= 0.6 is 0 Å². The van der Waals surface area contributed by atoms with Gasteiger partial charge in [0.05, 0.1) is 12.7 Å². The summed E-state index contributed by atoms with van der Waals surface area (Å²) in [4.78, 5) is 10.3. The summed E-state index contributed by atoms with van der Waals surface area (Å²) in [5, 5.41) is 11.3. The fourth-order valence-corrected chi connectivity index (χ4v) is 0.845. The highest BCUT2D eigenvalue weighted by molar-refractivity contribution is 5.73. The van der Waals surface area contributed by atoms with E-state index in [2.05, 4.69) is 5.32 Å². The molecular formula is C6H11NO3. The van der Waals surface area contributed by atoms with E-state index in [9.17, 15) is 4.79 Å². The molecule has 0 saturated carbocycles. The molecular weight excluding hydrogens is 134 g/mol. The summed E-state index contributed by atoms with van der Waals surface area (Å²) in [5.41, 5.74) is 0. The lowest BCUT2D eigenvalue weighted by Crippen LogP contribution is -2.49. The molecule has 2 atom stereocenters. The van der Waals surface area contributed by atoms with Gasteiger partial charge in [-0.15, -0.1) is 0 Å². The van der Waals surface area contributed by atoms with E-state index in [1.807, 2.05) is 6.92 Å². The molecule has 0 radical (unpaired) electrons. The van der Waals surface area contributed by atoms with E-state index < -0.39 is 12.0 Å². The number of carboxylic acid groups (broad SMARTS) is 1. The Kier molecular flexibility index (Phi) is 2.24. The molecule has 1 aliphatic rings. The van der Waals surface area contributed by atoms with Gasteiger partial charge in [-0.3, -0.25) is 10.1 Å². The van der Waals surface area contributed by atoms with Crippen molar-refractivity contribution in [2.24, 2.45) is 0 Å². The predicted molar refractivity (Wildman–Crippen MR) is 34.8 cm³/mol. The van der Waals surface area contributed by atoms with Gasteiger partial charge in [0.2, 0.25) is 0 Å². The third-order valence-electron chi connectivity index (χ3n) is 1.50. The first-order valence-corrected chi connectivity index (χ1v) is 3.28. The third kappa shape index (κ3) is 1.68. The standard InChI is InChI=1S/C6H11NO3/c1-4-2-7-5(3-10-4)6(8)9/h4-5,7H,2-3H2,1H3,(H,8,9)/t4-,5-/m0/s1. The number of ether oxygens (including phenoxy) is 1. The van der Waals surface area contributed by atoms with Crippen LogP contribution < -0.4 is 5.32 Å². The number of rotatable bonds is 1. The first kappa shape index (κ1) is 7.50. The topological polar surface area (TPSA) is 58.6 Å². The maximum atomic E-state index is 10.3. The van der Waals surface area contributed by atoms with Gasteiger partial charge in [0, 0.05) is 6.54 Å². The van der Waals surface area contributed by atoms with Crippen molar-refractivity contribution in [3.8, 4) is 0 Å². The number of aliphatic carboxylic acids is 1. The van der Waals surface area contributed by atoms with Crippen molar-refractivity contribution in [2.45, 2.75) is 19.1 Å². The summed E-state index contributed by atoms with van der Waals surface area (Å²) >= 11 is 0. The largest absolute Gasteiger partial charge is 0.480 e. The summed E-state index contributed by atoms with van der Waals surface area (Å²) < 4.78 is 5.11. The van der Waals surface area contributed by atoms with Crippen LogP contribution in [0.25, 0.3) is 0 Å². The van der Waals surface area contributed by atoms with Crippen molar-refractivity contribution in [1.29, 1.82) is 0 Å². The van der Waals surface area contributed by atoms with Gasteiger partial charge < -0.3 is 9.84 Å². The molecule has 4 heteroatoms. The van der Waals surface area contributed by atoms with Crippen LogP contribution in [0.5, 0.6) is 0 Å². The first-order chi connectivity index (χ1) is 4.70. The second-order valence-corrected chi connectivity index (χ2v) is 2.44. The van der Waals surface area contributed by atoms with E-state index in [0.717, 1.165) is 0 Å². The lowest BCUT2D eigenvalue weighted by atomic mass is 10.2. The number of morpholine rings is 1. The highest BCUT2D eigenvalue weighted by atomic mass is 16.5. The van der Waals surface area contributed by atoms with E-state index in [1.165, 1.54) is 0 Å². The normalized spacial score (nSPS) is 33.7. The molecule has 0 amide bonds. The average Bonchev–Trinajstić information content (AvgIpc) is 1.88. The number of hydrogen-bond donors (Lipinski definition) is 2. The van der Waals surface area contributed by atoms with Crippen LogP contribution in [0.4, 0.5) is 0 Å². The highest BCUT2D eigenvalue weighted by Gasteiger charge is 2.22. The molecule has 1 aliphatic heterocycles. The minimum Gasteiger partial charge on any atom is -0.480 e. The Morgan fingerprint density at radius 1 is 1.80 bits per heavy atom. The Labute approximate surface area is 59.2 Å². The Hall–Kier alpha value is -0.610. The second-order valence-electron chi connectivity index (χ2n) is 2.44. The van der Waals surface area contributed by atoms with Gasteiger partial charge in [0.1, 0.15) is 6.04 Å². The third-order valence-corrected chi connectivity index (χ3v) is 1.50. The van der Waals surface area contributed by atoms with Crippen LogP contribution in [0, 0.1) is 0 Å². The predicted octanol–water partition coefficient (Wildman–Crippen LogP) is -0.552. The minimum atomic E-state index is -0.841. The van der Waals surface area contributed by atoms with E-state index in [0.29, 0.717) is 6.54 Å². The molecule has 0 spiro atoms. The van der Waals surface area contributed by atoms with Gasteiger partial charge in [0.25, 0.3) is 0 Å². The maximum Gasteiger partial charge on any atom is 0.323 e.